The van der Waals surface area contributed by atoms with Gasteiger partial charge in [-0.25, -0.2) is 0 Å². The summed E-state index contributed by atoms with van der Waals surface area (Å²) in [5.74, 6) is 0.756. The molecule has 0 amide bonds. The Labute approximate surface area is 114 Å². The van der Waals surface area contributed by atoms with Crippen molar-refractivity contribution in [1.82, 2.24) is 10.2 Å². The monoisotopic (exact) mass is 268 g/mol. The van der Waals surface area contributed by atoms with Crippen LogP contribution in [0.3, 0.4) is 0 Å². The number of benzene rings is 1. The molecular weight excluding hydrogens is 248 g/mol. The van der Waals surface area contributed by atoms with Gasteiger partial charge in [-0.15, -0.1) is 0 Å². The molecule has 0 aromatic heterocycles. The predicted molar refractivity (Wildman–Crippen MR) is 75.7 cm³/mol. The van der Waals surface area contributed by atoms with Crippen molar-refractivity contribution in [3.05, 3.63) is 28.3 Å². The second kappa shape index (κ2) is 5.91. The molecular formula is C14H21ClN2O. The lowest BCUT2D eigenvalue weighted by atomic mass is 9.99. The molecule has 1 N–H and O–H groups in total. The van der Waals surface area contributed by atoms with Crippen LogP contribution in [-0.2, 0) is 6.42 Å². The highest BCUT2D eigenvalue weighted by molar-refractivity contribution is 6.32. The number of hydrogen-bond donors (Lipinski definition) is 1. The third-order valence-electron chi connectivity index (χ3n) is 3.54. The molecule has 4 heteroatoms. The number of methoxy groups -OCH3 is 1. The summed E-state index contributed by atoms with van der Waals surface area (Å²) < 4.78 is 5.23. The molecule has 1 aromatic rings. The lowest BCUT2D eigenvalue weighted by Gasteiger charge is -2.31. The summed E-state index contributed by atoms with van der Waals surface area (Å²) in [5, 5.41) is 4.25. The standard InChI is InChI=1S/C14H21ClN2O/c1-10-6-14(18-3)13(15)8-11(10)7-12-9-17(2)5-4-16-12/h6,8,12,16H,4-5,7,9H2,1-3H3. The first-order valence-corrected chi connectivity index (χ1v) is 6.73. The molecule has 18 heavy (non-hydrogen) atoms. The van der Waals surface area contributed by atoms with Crippen molar-refractivity contribution < 1.29 is 4.74 Å². The van der Waals surface area contributed by atoms with E-state index in [0.717, 1.165) is 31.8 Å². The van der Waals surface area contributed by atoms with Gasteiger partial charge >= 0.3 is 0 Å². The van der Waals surface area contributed by atoms with Crippen LogP contribution in [-0.4, -0.2) is 44.7 Å². The molecule has 1 atom stereocenters. The lowest BCUT2D eigenvalue weighted by molar-refractivity contribution is 0.238. The summed E-state index contributed by atoms with van der Waals surface area (Å²) in [4.78, 5) is 2.36. The summed E-state index contributed by atoms with van der Waals surface area (Å²) in [5.41, 5.74) is 2.54. The van der Waals surface area contributed by atoms with Crippen LogP contribution < -0.4 is 10.1 Å². The summed E-state index contributed by atoms with van der Waals surface area (Å²) in [6.07, 6.45) is 1.01. The van der Waals surface area contributed by atoms with Crippen LogP contribution in [0.2, 0.25) is 5.02 Å². The number of nitrogens with zero attached hydrogens (tertiary/aromatic N) is 1. The van der Waals surface area contributed by atoms with E-state index < -0.39 is 0 Å². The van der Waals surface area contributed by atoms with E-state index in [1.807, 2.05) is 12.1 Å². The van der Waals surface area contributed by atoms with Crippen molar-refractivity contribution in [2.75, 3.05) is 33.8 Å². The third kappa shape index (κ3) is 3.16. The van der Waals surface area contributed by atoms with E-state index in [9.17, 15) is 0 Å². The minimum atomic E-state index is 0.506. The number of nitrogens with one attached hydrogen (secondary N) is 1. The van der Waals surface area contributed by atoms with Crippen LogP contribution in [0.5, 0.6) is 5.75 Å². The van der Waals surface area contributed by atoms with Crippen LogP contribution >= 0.6 is 11.6 Å². The molecule has 2 rings (SSSR count). The Morgan fingerprint density at radius 2 is 2.28 bits per heavy atom. The number of rotatable bonds is 3. The zero-order chi connectivity index (χ0) is 13.1. The van der Waals surface area contributed by atoms with Crippen molar-refractivity contribution in [3.8, 4) is 5.75 Å². The van der Waals surface area contributed by atoms with Crippen LogP contribution in [0, 0.1) is 6.92 Å². The lowest BCUT2D eigenvalue weighted by Crippen LogP contribution is -2.50. The van der Waals surface area contributed by atoms with E-state index in [2.05, 4.69) is 24.2 Å². The van der Waals surface area contributed by atoms with Gasteiger partial charge in [0, 0.05) is 25.7 Å². The Kier molecular flexibility index (Phi) is 4.49. The van der Waals surface area contributed by atoms with E-state index in [1.54, 1.807) is 7.11 Å². The molecule has 3 nitrogen and oxygen atoms in total. The van der Waals surface area contributed by atoms with Gasteiger partial charge in [-0.2, -0.15) is 0 Å². The van der Waals surface area contributed by atoms with Crippen molar-refractivity contribution in [1.29, 1.82) is 0 Å². The Morgan fingerprint density at radius 1 is 1.50 bits per heavy atom. The van der Waals surface area contributed by atoms with E-state index in [-0.39, 0.29) is 0 Å². The van der Waals surface area contributed by atoms with Crippen LogP contribution in [0.25, 0.3) is 0 Å². The fraction of sp³-hybridized carbons (Fsp3) is 0.571. The average Bonchev–Trinajstić information content (AvgIpc) is 2.33. The highest BCUT2D eigenvalue weighted by Gasteiger charge is 2.18. The van der Waals surface area contributed by atoms with E-state index in [1.165, 1.54) is 11.1 Å². The Bertz CT molecular complexity index is 423. The maximum atomic E-state index is 6.19. The summed E-state index contributed by atoms with van der Waals surface area (Å²) in [6.45, 7) is 5.38. The molecule has 1 saturated heterocycles. The van der Waals surface area contributed by atoms with Crippen molar-refractivity contribution in [2.45, 2.75) is 19.4 Å². The van der Waals surface area contributed by atoms with Crippen LogP contribution in [0.4, 0.5) is 0 Å². The Morgan fingerprint density at radius 3 is 2.94 bits per heavy atom. The number of ether oxygens (including phenoxy) is 1. The fourth-order valence-corrected chi connectivity index (χ4v) is 2.73. The molecule has 1 aliphatic heterocycles. The number of piperazine rings is 1. The molecule has 0 radical (unpaired) electrons. The van der Waals surface area contributed by atoms with E-state index in [4.69, 9.17) is 16.3 Å². The van der Waals surface area contributed by atoms with Gasteiger partial charge in [-0.3, -0.25) is 0 Å². The SMILES string of the molecule is COc1cc(C)c(CC2CN(C)CCN2)cc1Cl. The first-order chi connectivity index (χ1) is 8.60. The molecule has 1 unspecified atom stereocenters. The highest BCUT2D eigenvalue weighted by atomic mass is 35.5. The summed E-state index contributed by atoms with van der Waals surface area (Å²) >= 11 is 6.19. The summed E-state index contributed by atoms with van der Waals surface area (Å²) in [7, 11) is 3.82. The molecule has 1 aromatic carbocycles. The first kappa shape index (κ1) is 13.7. The molecule has 1 fully saturated rings. The van der Waals surface area contributed by atoms with Gasteiger partial charge in [0.25, 0.3) is 0 Å². The minimum absolute atomic E-state index is 0.506. The molecule has 0 bridgehead atoms. The van der Waals surface area contributed by atoms with E-state index in [0.29, 0.717) is 11.1 Å². The Hall–Kier alpha value is -0.770. The molecule has 0 spiro atoms. The van der Waals surface area contributed by atoms with Gasteiger partial charge in [0.1, 0.15) is 5.75 Å². The van der Waals surface area contributed by atoms with Crippen LogP contribution in [0.15, 0.2) is 12.1 Å². The maximum absolute atomic E-state index is 6.19. The smallest absolute Gasteiger partial charge is 0.137 e. The molecule has 1 aliphatic rings. The van der Waals surface area contributed by atoms with Crippen molar-refractivity contribution in [2.24, 2.45) is 0 Å². The summed E-state index contributed by atoms with van der Waals surface area (Å²) in [6, 6.07) is 4.56. The van der Waals surface area contributed by atoms with Gasteiger partial charge in [-0.05, 0) is 43.7 Å². The third-order valence-corrected chi connectivity index (χ3v) is 3.83. The van der Waals surface area contributed by atoms with Crippen LogP contribution in [0.1, 0.15) is 11.1 Å². The highest BCUT2D eigenvalue weighted by Crippen LogP contribution is 2.28. The van der Waals surface area contributed by atoms with E-state index >= 15 is 0 Å². The average molecular weight is 269 g/mol. The zero-order valence-corrected chi connectivity index (χ0v) is 12.0. The quantitative estimate of drug-likeness (QED) is 0.909. The maximum Gasteiger partial charge on any atom is 0.137 e. The number of aryl methyl sites for hydroxylation is 1. The van der Waals surface area contributed by atoms with Crippen molar-refractivity contribution >= 4 is 11.6 Å². The van der Waals surface area contributed by atoms with Gasteiger partial charge in [-0.1, -0.05) is 11.6 Å². The second-order valence-corrected chi connectivity index (χ2v) is 5.44. The molecule has 1 heterocycles. The van der Waals surface area contributed by atoms with Crippen molar-refractivity contribution in [3.63, 3.8) is 0 Å². The van der Waals surface area contributed by atoms with Gasteiger partial charge < -0.3 is 15.0 Å². The number of hydrogen-bond acceptors (Lipinski definition) is 3. The molecule has 0 saturated carbocycles. The number of halogens is 1. The minimum Gasteiger partial charge on any atom is -0.495 e. The normalized spacial score (nSPS) is 21.0. The second-order valence-electron chi connectivity index (χ2n) is 5.03. The largest absolute Gasteiger partial charge is 0.495 e. The zero-order valence-electron chi connectivity index (χ0n) is 11.3. The predicted octanol–water partition coefficient (Wildman–Crippen LogP) is 2.10. The van der Waals surface area contributed by atoms with Gasteiger partial charge in [0.15, 0.2) is 0 Å². The molecule has 100 valence electrons. The van der Waals surface area contributed by atoms with Gasteiger partial charge in [0.2, 0.25) is 0 Å². The fourth-order valence-electron chi connectivity index (χ4n) is 2.47. The Balaban J connectivity index is 2.11. The topological polar surface area (TPSA) is 24.5 Å². The molecule has 0 aliphatic carbocycles. The first-order valence-electron chi connectivity index (χ1n) is 6.35. The van der Waals surface area contributed by atoms with Gasteiger partial charge in [0.05, 0.1) is 12.1 Å². The number of likely N-dealkylation sites (N-methyl/N-ethyl adjacent to an activating group) is 1.